The highest BCUT2D eigenvalue weighted by Gasteiger charge is 2.37. The Morgan fingerprint density at radius 2 is 1.48 bits per heavy atom. The number of unbranched alkanes of at least 4 members (excludes halogenated alkanes) is 1. The van der Waals surface area contributed by atoms with Crippen molar-refractivity contribution in [2.24, 2.45) is 35.5 Å². The summed E-state index contributed by atoms with van der Waals surface area (Å²) in [6.45, 7) is 16.1. The van der Waals surface area contributed by atoms with Crippen LogP contribution in [0.4, 0.5) is 0 Å². The lowest BCUT2D eigenvalue weighted by atomic mass is 9.75. The van der Waals surface area contributed by atoms with Crippen molar-refractivity contribution in [3.05, 3.63) is 0 Å². The average Bonchev–Trinajstić information content (AvgIpc) is 2.72. The third kappa shape index (κ3) is 13.7. The van der Waals surface area contributed by atoms with Crippen LogP contribution in [0.2, 0.25) is 0 Å². The highest BCUT2D eigenvalue weighted by atomic mass is 31.2. The minimum Gasteiger partial charge on any atom is -0.302 e. The van der Waals surface area contributed by atoms with E-state index in [0.717, 1.165) is 31.6 Å². The topological polar surface area (TPSA) is 55.8 Å². The Bertz CT molecular complexity index is 538. The largest absolute Gasteiger partial charge is 0.472 e. The molecule has 0 bridgehead atoms. The average molecular weight is 489 g/mol. The molecule has 0 radical (unpaired) electrons. The zero-order valence-electron chi connectivity index (χ0n) is 23.1. The normalized spacial score (nSPS) is 26.2. The SMILES string of the molecule is CCCC(C)CCCCC(CCC(C)CCC)COP(=O)(O)OC1CC(C)CCC1C(C)C. The van der Waals surface area contributed by atoms with Crippen LogP contribution in [0, 0.1) is 35.5 Å². The van der Waals surface area contributed by atoms with Gasteiger partial charge in [-0.25, -0.2) is 4.57 Å². The molecule has 4 nitrogen and oxygen atoms in total. The minimum absolute atomic E-state index is 0.173. The molecule has 1 saturated carbocycles. The molecule has 1 N–H and O–H groups in total. The first kappa shape index (κ1) is 31.1. The summed E-state index contributed by atoms with van der Waals surface area (Å²) in [6, 6.07) is 0. The van der Waals surface area contributed by atoms with Crippen LogP contribution >= 0.6 is 7.82 Å². The minimum atomic E-state index is -4.04. The van der Waals surface area contributed by atoms with Gasteiger partial charge in [0.2, 0.25) is 0 Å². The molecule has 1 fully saturated rings. The van der Waals surface area contributed by atoms with E-state index < -0.39 is 7.82 Å². The van der Waals surface area contributed by atoms with Crippen LogP contribution in [-0.2, 0) is 13.6 Å². The predicted molar refractivity (Wildman–Crippen MR) is 141 cm³/mol. The zero-order valence-corrected chi connectivity index (χ0v) is 24.0. The van der Waals surface area contributed by atoms with Gasteiger partial charge in [-0.1, -0.05) is 106 Å². The molecular weight excluding hydrogens is 431 g/mol. The van der Waals surface area contributed by atoms with Gasteiger partial charge in [0.25, 0.3) is 0 Å². The lowest BCUT2D eigenvalue weighted by Crippen LogP contribution is -2.33. The maximum Gasteiger partial charge on any atom is 0.472 e. The lowest BCUT2D eigenvalue weighted by Gasteiger charge is -2.37. The summed E-state index contributed by atoms with van der Waals surface area (Å²) >= 11 is 0. The van der Waals surface area contributed by atoms with Crippen molar-refractivity contribution in [3.63, 3.8) is 0 Å². The van der Waals surface area contributed by atoms with Crippen LogP contribution in [0.25, 0.3) is 0 Å². The van der Waals surface area contributed by atoms with Gasteiger partial charge in [0.1, 0.15) is 0 Å². The molecule has 0 amide bonds. The van der Waals surface area contributed by atoms with E-state index >= 15 is 0 Å². The monoisotopic (exact) mass is 488 g/mol. The van der Waals surface area contributed by atoms with E-state index in [1.165, 1.54) is 57.8 Å². The fraction of sp³-hybridized carbons (Fsp3) is 1.00. The highest BCUT2D eigenvalue weighted by molar-refractivity contribution is 7.47. The van der Waals surface area contributed by atoms with Crippen molar-refractivity contribution in [3.8, 4) is 0 Å². The second kappa shape index (κ2) is 16.7. The van der Waals surface area contributed by atoms with E-state index in [1.54, 1.807) is 0 Å². The van der Waals surface area contributed by atoms with Gasteiger partial charge in [0.05, 0.1) is 12.7 Å². The molecule has 0 aliphatic heterocycles. The van der Waals surface area contributed by atoms with Gasteiger partial charge in [-0.2, -0.15) is 0 Å². The molecule has 1 aliphatic carbocycles. The fourth-order valence-electron chi connectivity index (χ4n) is 5.67. The lowest BCUT2D eigenvalue weighted by molar-refractivity contribution is 0.0106. The Balaban J connectivity index is 2.60. The molecule has 1 rings (SSSR count). The number of hydrogen-bond donors (Lipinski definition) is 1. The summed E-state index contributed by atoms with van der Waals surface area (Å²) in [7, 11) is -4.04. The highest BCUT2D eigenvalue weighted by Crippen LogP contribution is 2.50. The maximum atomic E-state index is 12.9. The first-order chi connectivity index (χ1) is 15.6. The predicted octanol–water partition coefficient (Wildman–Crippen LogP) is 9.41. The van der Waals surface area contributed by atoms with Gasteiger partial charge >= 0.3 is 7.82 Å². The molecule has 0 aromatic heterocycles. The van der Waals surface area contributed by atoms with E-state index in [4.69, 9.17) is 9.05 Å². The molecule has 7 unspecified atom stereocenters. The summed E-state index contributed by atoms with van der Waals surface area (Å²) in [5, 5.41) is 0. The van der Waals surface area contributed by atoms with Gasteiger partial charge in [-0.15, -0.1) is 0 Å². The Hall–Kier alpha value is 0.110. The van der Waals surface area contributed by atoms with E-state index in [2.05, 4.69) is 48.5 Å². The summed E-state index contributed by atoms with van der Waals surface area (Å²) in [4.78, 5) is 10.6. The smallest absolute Gasteiger partial charge is 0.302 e. The molecule has 5 heteroatoms. The van der Waals surface area contributed by atoms with Crippen LogP contribution in [-0.4, -0.2) is 17.6 Å². The Morgan fingerprint density at radius 3 is 2.09 bits per heavy atom. The molecule has 0 saturated heterocycles. The van der Waals surface area contributed by atoms with Crippen LogP contribution < -0.4 is 0 Å². The fourth-order valence-corrected chi connectivity index (χ4v) is 6.71. The quantitative estimate of drug-likeness (QED) is 0.154. The number of hydrogen-bond acceptors (Lipinski definition) is 3. The second-order valence-electron chi connectivity index (χ2n) is 11.7. The molecule has 33 heavy (non-hydrogen) atoms. The van der Waals surface area contributed by atoms with Crippen LogP contribution in [0.5, 0.6) is 0 Å². The van der Waals surface area contributed by atoms with Gasteiger partial charge in [-0.05, 0) is 61.2 Å². The van der Waals surface area contributed by atoms with E-state index in [9.17, 15) is 9.46 Å². The Kier molecular flexibility index (Phi) is 15.8. The standard InChI is InChI=1S/C28H57O4P/c1-8-12-23(5)14-10-11-15-26(18-16-24(6)13-9-2)21-31-33(29,30)32-28-20-25(7)17-19-27(28)22(3)4/h22-28H,8-21H2,1-7H3,(H,29,30). The van der Waals surface area contributed by atoms with Crippen LogP contribution in [0.3, 0.4) is 0 Å². The van der Waals surface area contributed by atoms with E-state index in [0.29, 0.717) is 36.2 Å². The van der Waals surface area contributed by atoms with Gasteiger partial charge in [0, 0.05) is 0 Å². The van der Waals surface area contributed by atoms with Crippen molar-refractivity contribution in [1.82, 2.24) is 0 Å². The Labute approximate surface area is 206 Å². The first-order valence-corrected chi connectivity index (χ1v) is 15.7. The van der Waals surface area contributed by atoms with E-state index in [-0.39, 0.29) is 6.10 Å². The number of phosphoric ester groups is 1. The third-order valence-electron chi connectivity index (χ3n) is 7.89. The van der Waals surface area contributed by atoms with Gasteiger partial charge in [-0.3, -0.25) is 9.05 Å². The summed E-state index contributed by atoms with van der Waals surface area (Å²) in [5.74, 6) is 3.15. The first-order valence-electron chi connectivity index (χ1n) is 14.2. The maximum absolute atomic E-state index is 12.9. The van der Waals surface area contributed by atoms with Gasteiger partial charge in [0.15, 0.2) is 0 Å². The molecule has 1 aliphatic rings. The summed E-state index contributed by atoms with van der Waals surface area (Å²) in [6.07, 6.45) is 15.0. The van der Waals surface area contributed by atoms with Crippen molar-refractivity contribution in [2.75, 3.05) is 6.61 Å². The molecule has 0 spiro atoms. The van der Waals surface area contributed by atoms with Crippen molar-refractivity contribution >= 4 is 7.82 Å². The third-order valence-corrected chi connectivity index (χ3v) is 8.91. The van der Waals surface area contributed by atoms with Crippen molar-refractivity contribution in [2.45, 2.75) is 138 Å². The molecular formula is C28H57O4P. The second-order valence-corrected chi connectivity index (χ2v) is 13.2. The number of phosphoric acid groups is 1. The zero-order chi connectivity index (χ0) is 24.9. The molecule has 0 aromatic rings. The Morgan fingerprint density at radius 1 is 0.879 bits per heavy atom. The molecule has 0 heterocycles. The van der Waals surface area contributed by atoms with Crippen molar-refractivity contribution in [1.29, 1.82) is 0 Å². The summed E-state index contributed by atoms with van der Waals surface area (Å²) in [5.41, 5.74) is 0. The summed E-state index contributed by atoms with van der Waals surface area (Å²) < 4.78 is 24.4. The van der Waals surface area contributed by atoms with E-state index in [1.807, 2.05) is 0 Å². The van der Waals surface area contributed by atoms with Crippen LogP contribution in [0.1, 0.15) is 132 Å². The molecule has 0 aromatic carbocycles. The number of rotatable bonds is 18. The van der Waals surface area contributed by atoms with Gasteiger partial charge < -0.3 is 4.89 Å². The molecule has 7 atom stereocenters. The molecule has 198 valence electrons. The van der Waals surface area contributed by atoms with Crippen molar-refractivity contribution < 1.29 is 18.5 Å². The van der Waals surface area contributed by atoms with Crippen LogP contribution in [0.15, 0.2) is 0 Å².